The van der Waals surface area contributed by atoms with Crippen molar-refractivity contribution in [3.05, 3.63) is 18.5 Å². The van der Waals surface area contributed by atoms with Gasteiger partial charge in [0.15, 0.2) is 5.16 Å². The largest absolute Gasteiger partial charge is 0.394 e. The number of nitrogens with zero attached hydrogens (tertiary/aromatic N) is 3. The first-order valence-corrected chi connectivity index (χ1v) is 6.93. The van der Waals surface area contributed by atoms with Gasteiger partial charge in [-0.15, -0.1) is 0 Å². The van der Waals surface area contributed by atoms with E-state index in [1.165, 1.54) is 11.8 Å². The van der Waals surface area contributed by atoms with E-state index >= 15 is 0 Å². The van der Waals surface area contributed by atoms with E-state index < -0.39 is 0 Å². The normalized spacial score (nSPS) is 28.6. The van der Waals surface area contributed by atoms with Crippen molar-refractivity contribution in [2.45, 2.75) is 35.6 Å². The van der Waals surface area contributed by atoms with Crippen molar-refractivity contribution in [1.29, 1.82) is 0 Å². The third kappa shape index (κ3) is 3.65. The number of ether oxygens (including phenoxy) is 1. The summed E-state index contributed by atoms with van der Waals surface area (Å²) >= 11 is 1.52. The molecule has 0 aromatic carbocycles. The van der Waals surface area contributed by atoms with Crippen LogP contribution in [0.1, 0.15) is 12.8 Å². The van der Waals surface area contributed by atoms with Gasteiger partial charge in [-0.1, -0.05) is 11.8 Å². The Morgan fingerprint density at radius 3 is 2.72 bits per heavy atom. The van der Waals surface area contributed by atoms with Crippen LogP contribution in [0.4, 0.5) is 0 Å². The molecule has 1 aliphatic heterocycles. The Bertz CT molecular complexity index is 364. The van der Waals surface area contributed by atoms with Crippen LogP contribution in [0.15, 0.2) is 23.6 Å². The van der Waals surface area contributed by atoms with Crippen LogP contribution >= 0.6 is 11.8 Å². The summed E-state index contributed by atoms with van der Waals surface area (Å²) in [5, 5.41) is 10.0. The van der Waals surface area contributed by atoms with Gasteiger partial charge in [-0.05, 0) is 33.0 Å². The molecule has 0 saturated carbocycles. The zero-order valence-corrected chi connectivity index (χ0v) is 11.5. The first-order valence-electron chi connectivity index (χ1n) is 6.05. The molecule has 0 spiro atoms. The first kappa shape index (κ1) is 13.7. The van der Waals surface area contributed by atoms with Crippen LogP contribution in [0, 0.1) is 0 Å². The van der Waals surface area contributed by atoms with Gasteiger partial charge >= 0.3 is 0 Å². The van der Waals surface area contributed by atoms with Gasteiger partial charge < -0.3 is 14.7 Å². The maximum atomic E-state index is 9.29. The van der Waals surface area contributed by atoms with Gasteiger partial charge in [0.1, 0.15) is 5.44 Å². The summed E-state index contributed by atoms with van der Waals surface area (Å²) in [6, 6.07) is 2.22. The van der Waals surface area contributed by atoms with Crippen LogP contribution in [0.25, 0.3) is 0 Å². The molecule has 1 aromatic rings. The van der Waals surface area contributed by atoms with Crippen molar-refractivity contribution < 1.29 is 9.84 Å². The average Bonchev–Trinajstić information content (AvgIpc) is 2.39. The van der Waals surface area contributed by atoms with E-state index in [-0.39, 0.29) is 18.1 Å². The number of thioether (sulfide) groups is 1. The van der Waals surface area contributed by atoms with Gasteiger partial charge in [0, 0.05) is 18.4 Å². The Morgan fingerprint density at radius 2 is 2.11 bits per heavy atom. The van der Waals surface area contributed by atoms with E-state index in [4.69, 9.17) is 4.74 Å². The predicted octanol–water partition coefficient (Wildman–Crippen LogP) is 0.996. The molecule has 0 aliphatic carbocycles. The van der Waals surface area contributed by atoms with Crippen molar-refractivity contribution in [2.24, 2.45) is 0 Å². The highest BCUT2D eigenvalue weighted by Crippen LogP contribution is 2.31. The fourth-order valence-corrected chi connectivity index (χ4v) is 3.04. The molecule has 1 aliphatic rings. The third-order valence-corrected chi connectivity index (χ3v) is 4.04. The summed E-state index contributed by atoms with van der Waals surface area (Å²) < 4.78 is 5.83. The lowest BCUT2D eigenvalue weighted by atomic mass is 10.0. The van der Waals surface area contributed by atoms with Crippen LogP contribution < -0.4 is 0 Å². The molecule has 3 unspecified atom stereocenters. The summed E-state index contributed by atoms with van der Waals surface area (Å²) in [4.78, 5) is 10.6. The Morgan fingerprint density at radius 1 is 1.39 bits per heavy atom. The molecule has 2 rings (SSSR count). The van der Waals surface area contributed by atoms with Crippen LogP contribution in [0.5, 0.6) is 0 Å². The fraction of sp³-hybridized carbons (Fsp3) is 0.667. The fourth-order valence-electron chi connectivity index (χ4n) is 2.03. The van der Waals surface area contributed by atoms with E-state index in [9.17, 15) is 5.11 Å². The summed E-state index contributed by atoms with van der Waals surface area (Å²) in [5.74, 6) is 0. The molecule has 6 heteroatoms. The van der Waals surface area contributed by atoms with E-state index in [0.29, 0.717) is 6.04 Å². The Hall–Kier alpha value is -0.690. The zero-order chi connectivity index (χ0) is 13.0. The number of hydrogen-bond acceptors (Lipinski definition) is 6. The molecule has 5 nitrogen and oxygen atoms in total. The van der Waals surface area contributed by atoms with Crippen LogP contribution in [-0.2, 0) is 4.74 Å². The summed E-state index contributed by atoms with van der Waals surface area (Å²) in [5.41, 5.74) is 0.00528. The molecule has 1 saturated heterocycles. The van der Waals surface area contributed by atoms with Crippen LogP contribution in [-0.4, -0.2) is 58.3 Å². The van der Waals surface area contributed by atoms with E-state index in [1.807, 2.05) is 0 Å². The second-order valence-corrected chi connectivity index (χ2v) is 5.73. The van der Waals surface area contributed by atoms with E-state index in [0.717, 1.165) is 18.0 Å². The smallest absolute Gasteiger partial charge is 0.189 e. The maximum absolute atomic E-state index is 9.29. The molecular formula is C12H19N3O2S. The summed E-state index contributed by atoms with van der Waals surface area (Å²) in [6.07, 6.45) is 5.16. The maximum Gasteiger partial charge on any atom is 0.189 e. The van der Waals surface area contributed by atoms with E-state index in [2.05, 4.69) is 29.0 Å². The molecule has 0 amide bonds. The van der Waals surface area contributed by atoms with Crippen LogP contribution in [0.3, 0.4) is 0 Å². The second-order valence-electron chi connectivity index (χ2n) is 4.61. The van der Waals surface area contributed by atoms with Crippen molar-refractivity contribution in [2.75, 3.05) is 20.7 Å². The van der Waals surface area contributed by atoms with Gasteiger partial charge in [-0.25, -0.2) is 9.97 Å². The standard InChI is InChI=1S/C12H19N3O2S/c1-15(2)9-6-10(8-16)17-11(7-9)18-12-13-4-3-5-14-12/h3-5,9-11,16H,6-8H2,1-2H3. The quantitative estimate of drug-likeness (QED) is 0.823. The van der Waals surface area contributed by atoms with Crippen molar-refractivity contribution >= 4 is 11.8 Å². The average molecular weight is 269 g/mol. The highest BCUT2D eigenvalue weighted by Gasteiger charge is 2.31. The molecule has 1 aromatic heterocycles. The molecular weight excluding hydrogens is 250 g/mol. The minimum atomic E-state index is -0.0904. The summed E-state index contributed by atoms with van der Waals surface area (Å²) in [6.45, 7) is 0.0665. The molecule has 0 radical (unpaired) electrons. The second kappa shape index (κ2) is 6.47. The number of rotatable bonds is 4. The molecule has 18 heavy (non-hydrogen) atoms. The van der Waals surface area contributed by atoms with Gasteiger partial charge in [-0.2, -0.15) is 0 Å². The highest BCUT2D eigenvalue weighted by atomic mass is 32.2. The SMILES string of the molecule is CN(C)C1CC(CO)OC(Sc2ncccn2)C1. The number of aliphatic hydroxyl groups is 1. The van der Waals surface area contributed by atoms with Gasteiger partial charge in [0.25, 0.3) is 0 Å². The molecule has 1 N–H and O–H groups in total. The Kier molecular flexibility index (Phi) is 4.94. The molecule has 3 atom stereocenters. The van der Waals surface area contributed by atoms with Crippen molar-refractivity contribution in [3.63, 3.8) is 0 Å². The topological polar surface area (TPSA) is 58.5 Å². The lowest BCUT2D eigenvalue weighted by molar-refractivity contribution is -0.0587. The lowest BCUT2D eigenvalue weighted by Crippen LogP contribution is -2.42. The Labute approximate surface area is 112 Å². The number of aromatic nitrogens is 2. The molecule has 100 valence electrons. The van der Waals surface area contributed by atoms with Gasteiger partial charge in [0.05, 0.1) is 12.7 Å². The summed E-state index contributed by atoms with van der Waals surface area (Å²) in [7, 11) is 4.12. The van der Waals surface area contributed by atoms with Gasteiger partial charge in [-0.3, -0.25) is 0 Å². The van der Waals surface area contributed by atoms with Gasteiger partial charge in [0.2, 0.25) is 0 Å². The molecule has 0 bridgehead atoms. The minimum Gasteiger partial charge on any atom is -0.394 e. The number of aliphatic hydroxyl groups excluding tert-OH is 1. The van der Waals surface area contributed by atoms with E-state index in [1.54, 1.807) is 18.5 Å². The van der Waals surface area contributed by atoms with Crippen molar-refractivity contribution in [1.82, 2.24) is 14.9 Å². The monoisotopic (exact) mass is 269 g/mol. The van der Waals surface area contributed by atoms with Crippen molar-refractivity contribution in [3.8, 4) is 0 Å². The Balaban J connectivity index is 1.99. The molecule has 1 fully saturated rings. The lowest BCUT2D eigenvalue weighted by Gasteiger charge is -2.37. The highest BCUT2D eigenvalue weighted by molar-refractivity contribution is 7.99. The molecule has 2 heterocycles. The van der Waals surface area contributed by atoms with Crippen LogP contribution in [0.2, 0.25) is 0 Å². The first-order chi connectivity index (χ1) is 8.69. The number of hydrogen-bond donors (Lipinski definition) is 1. The zero-order valence-electron chi connectivity index (χ0n) is 10.7. The minimum absolute atomic E-state index is 0.00528. The third-order valence-electron chi connectivity index (χ3n) is 3.06. The predicted molar refractivity (Wildman–Crippen MR) is 70.3 cm³/mol.